The van der Waals surface area contributed by atoms with Gasteiger partial charge in [-0.05, 0) is 213 Å². The maximum absolute atomic E-state index is 10.7. The van der Waals surface area contributed by atoms with Gasteiger partial charge < -0.3 is 51.0 Å². The van der Waals surface area contributed by atoms with Crippen molar-refractivity contribution in [3.8, 4) is 0 Å². The maximum Gasteiger partial charge on any atom is 0.479 e. The van der Waals surface area contributed by atoms with Gasteiger partial charge in [0.15, 0.2) is 74.9 Å². The summed E-state index contributed by atoms with van der Waals surface area (Å²) in [7, 11) is -25.9. The van der Waals surface area contributed by atoms with Crippen LogP contribution in [-0.4, -0.2) is 135 Å². The zero-order valence-corrected chi connectivity index (χ0v) is 68.0. The van der Waals surface area contributed by atoms with E-state index in [9.17, 15) is 5.11 Å². The molecule has 0 aliphatic rings. The van der Waals surface area contributed by atoms with E-state index in [0.29, 0.717) is 0 Å². The Kier molecular flexibility index (Phi) is 34.6. The number of rotatable bonds is 47. The van der Waals surface area contributed by atoms with Gasteiger partial charge in [-0.3, -0.25) is 0 Å². The van der Waals surface area contributed by atoms with E-state index >= 15 is 0 Å². The number of aliphatic hydroxyl groups excluding tert-OH is 1. The highest BCUT2D eigenvalue weighted by Gasteiger charge is 2.53. The summed E-state index contributed by atoms with van der Waals surface area (Å²) in [6.45, 7) is 58.8. The third kappa shape index (κ3) is 38.8. The summed E-state index contributed by atoms with van der Waals surface area (Å²) in [5, 5.41) is 10.7. The lowest BCUT2D eigenvalue weighted by atomic mass is 10.2. The van der Waals surface area contributed by atoms with Gasteiger partial charge in [-0.15, -0.1) is 6.58 Å². The molecule has 25 heteroatoms. The molecule has 0 heterocycles. The summed E-state index contributed by atoms with van der Waals surface area (Å²) in [6, 6.07) is 6.67. The first-order valence-corrected chi connectivity index (χ1v) is 67.7. The molecule has 456 valence electrons. The van der Waals surface area contributed by atoms with Crippen LogP contribution in [0.3, 0.4) is 0 Å². The van der Waals surface area contributed by atoms with Crippen molar-refractivity contribution in [2.45, 2.75) is 296 Å². The SMILES string of the molecule is C=CCCCC[Si](O[Si](C)(C)CCCCCC[Si](CO)(O[Si](C)(C)C)O[Si](C)(C)C)(O[Si](C)(C)CCCCCC[Si](OC)(O[Si](C)(C)C)O[Si](C)(C)C)O[Si](C)(C)CCCCCC[Si](OC)(O[Si](C)(C)C)O[Si](C)(C)C. The third-order valence-corrected chi connectivity index (χ3v) is 55.7. The van der Waals surface area contributed by atoms with E-state index in [-0.39, 0.29) is 6.23 Å². The lowest BCUT2D eigenvalue weighted by Gasteiger charge is -2.45. The van der Waals surface area contributed by atoms with Crippen molar-refractivity contribution in [3.63, 3.8) is 0 Å². The van der Waals surface area contributed by atoms with Crippen molar-refractivity contribution >= 4 is 110 Å². The van der Waals surface area contributed by atoms with Crippen molar-refractivity contribution in [3.05, 3.63) is 12.7 Å². The summed E-state index contributed by atoms with van der Waals surface area (Å²) in [4.78, 5) is 0. The molecule has 0 aromatic rings. The van der Waals surface area contributed by atoms with Gasteiger partial charge in [-0.25, -0.2) is 0 Å². The maximum atomic E-state index is 10.7. The third-order valence-electron chi connectivity index (χ3n) is 12.2. The quantitative estimate of drug-likeness (QED) is 0.0355. The molecule has 0 atom stereocenters. The van der Waals surface area contributed by atoms with Crippen molar-refractivity contribution in [2.75, 3.05) is 20.4 Å². The lowest BCUT2D eigenvalue weighted by molar-refractivity contribution is 0.196. The zero-order chi connectivity index (χ0) is 59.2. The molecule has 0 amide bonds. The molecule has 0 saturated carbocycles. The first kappa shape index (κ1) is 78.1. The summed E-state index contributed by atoms with van der Waals surface area (Å²) in [5.41, 5.74) is 0. The van der Waals surface area contributed by atoms with Gasteiger partial charge in [0.2, 0.25) is 0 Å². The summed E-state index contributed by atoms with van der Waals surface area (Å²) in [6.07, 6.45) is 18.3. The van der Waals surface area contributed by atoms with E-state index in [1.54, 1.807) is 14.2 Å². The number of hydrogen-bond donors (Lipinski definition) is 1. The lowest BCUT2D eigenvalue weighted by Crippen LogP contribution is -2.61. The second kappa shape index (κ2) is 33.7. The van der Waals surface area contributed by atoms with E-state index in [0.717, 1.165) is 139 Å². The predicted octanol–water partition coefficient (Wildman–Crippen LogP) is 17.9. The second-order valence-electron chi connectivity index (χ2n) is 29.7. The molecule has 12 nitrogen and oxygen atoms in total. The molecule has 0 unspecified atom stereocenters. The van der Waals surface area contributed by atoms with Crippen LogP contribution in [0.1, 0.15) is 96.3 Å². The average Bonchev–Trinajstić information content (AvgIpc) is 3.19. The Hall–Kier alpha value is 2.08. The molecular weight excluding hydrogens is 1170 g/mol. The minimum Gasteiger partial charge on any atom is -0.435 e. The fraction of sp³-hybridized carbons (Fsp3) is 0.961. The highest BCUT2D eigenvalue weighted by molar-refractivity contribution is 6.91. The number of unbranched alkanes of at least 4 members (excludes halogenated alkanes) is 11. The van der Waals surface area contributed by atoms with Gasteiger partial charge in [0, 0.05) is 32.4 Å². The van der Waals surface area contributed by atoms with E-state index < -0.39 is 110 Å². The van der Waals surface area contributed by atoms with Gasteiger partial charge in [0.05, 0.1) is 6.23 Å². The smallest absolute Gasteiger partial charge is 0.435 e. The van der Waals surface area contributed by atoms with E-state index in [2.05, 4.69) is 164 Å². The molecule has 0 radical (unpaired) electrons. The number of allylic oxidation sites excluding steroid dienone is 1. The zero-order valence-electron chi connectivity index (χ0n) is 55.0. The van der Waals surface area contributed by atoms with Crippen molar-refractivity contribution in [2.24, 2.45) is 0 Å². The predicted molar refractivity (Wildman–Crippen MR) is 360 cm³/mol. The highest BCUT2D eigenvalue weighted by atomic mass is 28.5. The monoisotopic (exact) mass is 1300 g/mol. The van der Waals surface area contributed by atoms with E-state index in [1.807, 2.05) is 6.08 Å². The van der Waals surface area contributed by atoms with Crippen LogP contribution < -0.4 is 0 Å². The molecule has 0 aliphatic heterocycles. The van der Waals surface area contributed by atoms with Gasteiger partial charge in [-0.2, -0.15) is 0 Å². The van der Waals surface area contributed by atoms with Crippen LogP contribution in [0.5, 0.6) is 0 Å². The van der Waals surface area contributed by atoms with Crippen molar-refractivity contribution < 1.29 is 51.0 Å². The topological polar surface area (TPSA) is 122 Å². The first-order chi connectivity index (χ1) is 34.2. The van der Waals surface area contributed by atoms with Crippen LogP contribution in [0.2, 0.25) is 199 Å². The molecule has 0 bridgehead atoms. The van der Waals surface area contributed by atoms with Crippen LogP contribution in [-0.2, 0) is 45.9 Å². The average molecular weight is 1300 g/mol. The normalized spacial score (nSPS) is 14.8. The Labute approximate surface area is 486 Å². The minimum atomic E-state index is -3.17. The molecule has 1 N–H and O–H groups in total. The van der Waals surface area contributed by atoms with Crippen LogP contribution >= 0.6 is 0 Å². The Morgan fingerprint density at radius 3 is 0.763 bits per heavy atom. The van der Waals surface area contributed by atoms with Crippen LogP contribution in [0.15, 0.2) is 12.7 Å². The molecule has 0 aromatic carbocycles. The Morgan fingerprint density at radius 2 is 0.526 bits per heavy atom. The summed E-state index contributed by atoms with van der Waals surface area (Å²) >= 11 is 0. The van der Waals surface area contributed by atoms with Gasteiger partial charge in [-0.1, -0.05) is 70.3 Å². The summed E-state index contributed by atoms with van der Waals surface area (Å²) in [5.74, 6) is 0. The Morgan fingerprint density at radius 1 is 0.289 bits per heavy atom. The minimum absolute atomic E-state index is 0.0337. The van der Waals surface area contributed by atoms with Crippen molar-refractivity contribution in [1.82, 2.24) is 0 Å². The molecule has 0 aliphatic carbocycles. The van der Waals surface area contributed by atoms with Gasteiger partial charge in [0.1, 0.15) is 0 Å². The molecule has 0 saturated heterocycles. The van der Waals surface area contributed by atoms with E-state index in [1.165, 1.54) is 0 Å². The van der Waals surface area contributed by atoms with Crippen LogP contribution in [0, 0.1) is 0 Å². The molecule has 0 rings (SSSR count). The molecular formula is C51H128O12Si13. The largest absolute Gasteiger partial charge is 0.479 e. The molecule has 76 heavy (non-hydrogen) atoms. The highest BCUT2D eigenvalue weighted by Crippen LogP contribution is 2.37. The molecule has 0 spiro atoms. The number of hydrogen-bond acceptors (Lipinski definition) is 12. The fourth-order valence-corrected chi connectivity index (χ4v) is 60.6. The number of aliphatic hydroxyl groups is 1. The van der Waals surface area contributed by atoms with Gasteiger partial charge >= 0.3 is 35.0 Å². The van der Waals surface area contributed by atoms with Crippen LogP contribution in [0.4, 0.5) is 0 Å². The summed E-state index contributed by atoms with van der Waals surface area (Å²) < 4.78 is 76.4. The van der Waals surface area contributed by atoms with Gasteiger partial charge in [0.25, 0.3) is 0 Å². The first-order valence-electron chi connectivity index (χ1n) is 29.9. The van der Waals surface area contributed by atoms with E-state index in [4.69, 9.17) is 45.9 Å². The fourth-order valence-electron chi connectivity index (χ4n) is 9.92. The molecule has 0 fully saturated rings. The Balaban J connectivity index is 6.56. The molecule has 0 aromatic heterocycles. The van der Waals surface area contributed by atoms with Crippen molar-refractivity contribution in [1.29, 1.82) is 0 Å². The Bertz CT molecular complexity index is 1370. The second-order valence-corrected chi connectivity index (χ2v) is 83.5. The van der Waals surface area contributed by atoms with Crippen LogP contribution in [0.25, 0.3) is 0 Å². The standard InChI is InChI=1S/C51H128O12Si13/c1-28-29-30-41-50-76(61-70(22,23)44-37-31-34-40-47-73(51-52,55-64(4,5)6)56-65(7,8)9,62-71(24,25)45-38-32-35-42-48-74(53-2,57-66(10,11)12)58-67(13,14)15)63-72(26,27)46-39-33-36-43-49-75(54-3,59-68(16,17)18)60-69(19,20)21/h28,52H,1,29-51H2,2-27H3.